The van der Waals surface area contributed by atoms with Gasteiger partial charge in [0.2, 0.25) is 20.0 Å². The summed E-state index contributed by atoms with van der Waals surface area (Å²) >= 11 is 0. The van der Waals surface area contributed by atoms with Crippen LogP contribution < -0.4 is 14.4 Å². The Bertz CT molecular complexity index is 1380. The van der Waals surface area contributed by atoms with Crippen LogP contribution in [-0.2, 0) is 24.8 Å². The lowest BCUT2D eigenvalue weighted by Gasteiger charge is -2.36. The summed E-state index contributed by atoms with van der Waals surface area (Å²) in [4.78, 5) is 2.52. The normalized spacial score (nSPS) is 19.2. The molecule has 0 aliphatic carbocycles. The quantitative estimate of drug-likeness (QED) is 0.524. The number of ether oxygens (including phenoxy) is 2. The predicted octanol–water partition coefficient (Wildman–Crippen LogP) is 3.21. The van der Waals surface area contributed by atoms with Crippen LogP contribution in [0.2, 0.25) is 0 Å². The molecule has 0 saturated carbocycles. The van der Waals surface area contributed by atoms with Crippen LogP contribution in [0.4, 0.5) is 5.69 Å². The summed E-state index contributed by atoms with van der Waals surface area (Å²) in [6.45, 7) is 12.0. The highest BCUT2D eigenvalue weighted by Gasteiger charge is 2.33. The van der Waals surface area contributed by atoms with Crippen molar-refractivity contribution in [1.29, 1.82) is 0 Å². The first-order chi connectivity index (χ1) is 17.9. The molecule has 11 heteroatoms. The number of nitrogens with one attached hydrogen (secondary N) is 1. The van der Waals surface area contributed by atoms with Crippen LogP contribution in [0.15, 0.2) is 28.0 Å². The number of rotatable bonds is 8. The minimum absolute atomic E-state index is 0.106. The molecule has 0 bridgehead atoms. The summed E-state index contributed by atoms with van der Waals surface area (Å²) in [6.07, 6.45) is 1.67. The Morgan fingerprint density at radius 3 is 2.08 bits per heavy atom. The zero-order chi connectivity index (χ0) is 27.8. The van der Waals surface area contributed by atoms with Gasteiger partial charge in [-0.05, 0) is 93.5 Å². The van der Waals surface area contributed by atoms with Gasteiger partial charge in [0.05, 0.1) is 28.7 Å². The first-order valence-electron chi connectivity index (χ1n) is 13.0. The molecule has 1 N–H and O–H groups in total. The van der Waals surface area contributed by atoms with Gasteiger partial charge in [-0.2, -0.15) is 4.31 Å². The highest BCUT2D eigenvalue weighted by molar-refractivity contribution is 7.89. The summed E-state index contributed by atoms with van der Waals surface area (Å²) in [7, 11) is -5.90. The second-order valence-corrected chi connectivity index (χ2v) is 13.8. The highest BCUT2D eigenvalue weighted by Crippen LogP contribution is 2.35. The minimum atomic E-state index is -3.74. The van der Waals surface area contributed by atoms with Crippen molar-refractivity contribution in [2.75, 3.05) is 51.3 Å². The largest absolute Gasteiger partial charge is 0.495 e. The number of methoxy groups -OCH3 is 1. The number of anilines is 1. The Morgan fingerprint density at radius 1 is 0.921 bits per heavy atom. The van der Waals surface area contributed by atoms with Crippen LogP contribution in [0.5, 0.6) is 5.75 Å². The molecule has 0 amide bonds. The summed E-state index contributed by atoms with van der Waals surface area (Å²) < 4.78 is 68.8. The Balaban J connectivity index is 1.54. The van der Waals surface area contributed by atoms with Gasteiger partial charge in [-0.1, -0.05) is 0 Å². The fourth-order valence-electron chi connectivity index (χ4n) is 5.33. The van der Waals surface area contributed by atoms with Crippen LogP contribution in [-0.4, -0.2) is 73.7 Å². The smallest absolute Gasteiger partial charge is 0.243 e. The lowest BCUT2D eigenvalue weighted by atomic mass is 9.95. The van der Waals surface area contributed by atoms with Gasteiger partial charge in [-0.25, -0.2) is 21.6 Å². The fraction of sp³-hybridized carbons (Fsp3) is 0.556. The van der Waals surface area contributed by atoms with Crippen LogP contribution in [0.3, 0.4) is 0 Å². The van der Waals surface area contributed by atoms with Gasteiger partial charge in [-0.15, -0.1) is 0 Å². The molecule has 2 aliphatic heterocycles. The van der Waals surface area contributed by atoms with Gasteiger partial charge < -0.3 is 14.4 Å². The molecule has 210 valence electrons. The molecule has 2 aliphatic rings. The average Bonchev–Trinajstić information content (AvgIpc) is 3.43. The van der Waals surface area contributed by atoms with Gasteiger partial charge >= 0.3 is 0 Å². The van der Waals surface area contributed by atoms with E-state index in [9.17, 15) is 16.8 Å². The SMILES string of the molecule is COc1ccc(S(=O)(=O)NCC2CCCO2)cc1N1CCN(S(=O)(=O)c2c(C)c(C)c(C)c(C)c2C)CC1. The number of sulfonamides is 2. The molecule has 4 rings (SSSR count). The van der Waals surface area contributed by atoms with E-state index in [1.807, 2.05) is 39.5 Å². The summed E-state index contributed by atoms with van der Waals surface area (Å²) in [5.41, 5.74) is 5.34. The minimum Gasteiger partial charge on any atom is -0.495 e. The lowest BCUT2D eigenvalue weighted by Crippen LogP contribution is -2.49. The van der Waals surface area contributed by atoms with E-state index in [1.165, 1.54) is 17.5 Å². The van der Waals surface area contributed by atoms with Crippen molar-refractivity contribution < 1.29 is 26.3 Å². The highest BCUT2D eigenvalue weighted by atomic mass is 32.2. The molecule has 2 heterocycles. The Hall–Kier alpha value is -2.18. The summed E-state index contributed by atoms with van der Waals surface area (Å²) in [6, 6.07) is 4.76. The molecule has 2 fully saturated rings. The zero-order valence-corrected chi connectivity index (χ0v) is 24.8. The van der Waals surface area contributed by atoms with Gasteiger partial charge in [-0.3, -0.25) is 0 Å². The number of hydrogen-bond acceptors (Lipinski definition) is 7. The topological polar surface area (TPSA) is 105 Å². The van der Waals surface area contributed by atoms with E-state index in [1.54, 1.807) is 12.1 Å². The van der Waals surface area contributed by atoms with E-state index in [2.05, 4.69) is 4.72 Å². The van der Waals surface area contributed by atoms with Crippen LogP contribution in [0.1, 0.15) is 40.7 Å². The third kappa shape index (κ3) is 5.44. The molecule has 0 spiro atoms. The molecule has 2 aromatic carbocycles. The van der Waals surface area contributed by atoms with E-state index in [4.69, 9.17) is 9.47 Å². The van der Waals surface area contributed by atoms with Crippen molar-refractivity contribution in [2.24, 2.45) is 0 Å². The van der Waals surface area contributed by atoms with Crippen molar-refractivity contribution >= 4 is 25.7 Å². The Labute approximate surface area is 227 Å². The van der Waals surface area contributed by atoms with Crippen molar-refractivity contribution in [3.63, 3.8) is 0 Å². The fourth-order valence-corrected chi connectivity index (χ4v) is 8.39. The van der Waals surface area contributed by atoms with Crippen LogP contribution in [0.25, 0.3) is 0 Å². The molecule has 38 heavy (non-hydrogen) atoms. The molecule has 1 atom stereocenters. The van der Waals surface area contributed by atoms with Crippen molar-refractivity contribution in [2.45, 2.75) is 63.4 Å². The van der Waals surface area contributed by atoms with Crippen LogP contribution >= 0.6 is 0 Å². The number of piperazine rings is 1. The third-order valence-electron chi connectivity index (χ3n) is 8.09. The van der Waals surface area contributed by atoms with Crippen molar-refractivity contribution in [1.82, 2.24) is 9.03 Å². The molecule has 0 aromatic heterocycles. The molecule has 0 radical (unpaired) electrons. The predicted molar refractivity (Wildman–Crippen MR) is 148 cm³/mol. The molecule has 1 unspecified atom stereocenters. The maximum atomic E-state index is 13.8. The monoisotopic (exact) mass is 565 g/mol. The Morgan fingerprint density at radius 2 is 1.53 bits per heavy atom. The number of nitrogens with zero attached hydrogens (tertiary/aromatic N) is 2. The van der Waals surface area contributed by atoms with E-state index in [0.29, 0.717) is 36.0 Å². The molecular weight excluding hydrogens is 526 g/mol. The van der Waals surface area contributed by atoms with E-state index in [0.717, 1.165) is 40.7 Å². The molecule has 2 aromatic rings. The third-order valence-corrected chi connectivity index (χ3v) is 11.7. The van der Waals surface area contributed by atoms with Crippen LogP contribution in [0, 0.1) is 34.6 Å². The second-order valence-electron chi connectivity index (χ2n) is 10.2. The number of hydrogen-bond donors (Lipinski definition) is 1. The van der Waals surface area contributed by atoms with E-state index in [-0.39, 0.29) is 30.6 Å². The number of benzene rings is 2. The molecule has 9 nitrogen and oxygen atoms in total. The second kappa shape index (κ2) is 11.1. The maximum absolute atomic E-state index is 13.8. The van der Waals surface area contributed by atoms with Crippen molar-refractivity contribution in [3.05, 3.63) is 46.0 Å². The first-order valence-corrected chi connectivity index (χ1v) is 15.9. The van der Waals surface area contributed by atoms with E-state index >= 15 is 0 Å². The standard InChI is InChI=1S/C27H39N3O6S2/c1-18-19(2)21(4)27(22(5)20(18)3)38(33,34)30-13-11-29(12-14-30)25-16-24(9-10-26(25)35-6)37(31,32)28-17-23-8-7-15-36-23/h9-10,16,23,28H,7-8,11-15,17H2,1-6H3. The Kier molecular flexibility index (Phi) is 8.44. The molecular formula is C27H39N3O6S2. The van der Waals surface area contributed by atoms with E-state index < -0.39 is 20.0 Å². The van der Waals surface area contributed by atoms with Gasteiger partial charge in [0.25, 0.3) is 0 Å². The summed E-state index contributed by atoms with van der Waals surface area (Å²) in [5.74, 6) is 0.538. The first kappa shape index (κ1) is 28.8. The van der Waals surface area contributed by atoms with Crippen molar-refractivity contribution in [3.8, 4) is 5.75 Å². The molecule has 2 saturated heterocycles. The van der Waals surface area contributed by atoms with Gasteiger partial charge in [0, 0.05) is 39.3 Å². The summed E-state index contributed by atoms with van der Waals surface area (Å²) in [5, 5.41) is 0. The zero-order valence-electron chi connectivity index (χ0n) is 23.1. The van der Waals surface area contributed by atoms with Gasteiger partial charge in [0.15, 0.2) is 0 Å². The van der Waals surface area contributed by atoms with Gasteiger partial charge in [0.1, 0.15) is 5.75 Å². The lowest BCUT2D eigenvalue weighted by molar-refractivity contribution is 0.114. The average molecular weight is 566 g/mol. The maximum Gasteiger partial charge on any atom is 0.243 e.